The first-order chi connectivity index (χ1) is 9.15. The maximum Gasteiger partial charge on any atom is 0.347 e. The van der Waals surface area contributed by atoms with E-state index >= 15 is 0 Å². The molecule has 0 amide bonds. The lowest BCUT2D eigenvalue weighted by Crippen LogP contribution is -2.03. The number of hydrogen-bond donors (Lipinski definition) is 0. The van der Waals surface area contributed by atoms with E-state index in [2.05, 4.69) is 27.6 Å². The van der Waals surface area contributed by atoms with Gasteiger partial charge in [-0.25, -0.2) is 14.2 Å². The van der Waals surface area contributed by atoms with E-state index < -0.39 is 11.4 Å². The second kappa shape index (κ2) is 4.73. The molecular formula is C14H7FINO2. The highest BCUT2D eigenvalue weighted by Gasteiger charge is 2.12. The third-order valence-corrected chi connectivity index (χ3v) is 3.37. The Labute approximate surface area is 121 Å². The van der Waals surface area contributed by atoms with Gasteiger partial charge >= 0.3 is 5.63 Å². The standard InChI is InChI=1S/C14H7FINO2/c15-11-4-2-1-3-9(11)13-17-12-6-5-8(16)7-10(12)14(18)19-13/h1-7H. The van der Waals surface area contributed by atoms with Gasteiger partial charge < -0.3 is 4.42 Å². The summed E-state index contributed by atoms with van der Waals surface area (Å²) in [5.74, 6) is -0.472. The third kappa shape index (κ3) is 2.25. The number of nitrogens with zero attached hydrogens (tertiary/aromatic N) is 1. The highest BCUT2D eigenvalue weighted by atomic mass is 127. The summed E-state index contributed by atoms with van der Waals surface area (Å²) in [5, 5.41) is 0.395. The molecule has 0 aliphatic heterocycles. The normalized spacial score (nSPS) is 10.8. The molecule has 94 valence electrons. The molecule has 0 N–H and O–H groups in total. The molecule has 0 unspecified atom stereocenters. The van der Waals surface area contributed by atoms with Gasteiger partial charge in [-0.3, -0.25) is 0 Å². The van der Waals surface area contributed by atoms with Crippen LogP contribution in [-0.4, -0.2) is 4.98 Å². The molecule has 19 heavy (non-hydrogen) atoms. The van der Waals surface area contributed by atoms with Gasteiger partial charge in [-0.2, -0.15) is 0 Å². The Balaban J connectivity index is 2.31. The maximum atomic E-state index is 13.7. The monoisotopic (exact) mass is 367 g/mol. The Bertz CT molecular complexity index is 829. The smallest absolute Gasteiger partial charge is 0.347 e. The van der Waals surface area contributed by atoms with Crippen molar-refractivity contribution in [3.05, 3.63) is 62.3 Å². The number of hydrogen-bond acceptors (Lipinski definition) is 3. The summed E-state index contributed by atoms with van der Waals surface area (Å²) < 4.78 is 19.7. The van der Waals surface area contributed by atoms with Crippen LogP contribution < -0.4 is 5.63 Å². The fourth-order valence-electron chi connectivity index (χ4n) is 1.79. The molecule has 0 aliphatic carbocycles. The number of rotatable bonds is 1. The molecule has 0 aliphatic rings. The SMILES string of the molecule is O=c1oc(-c2ccccc2F)nc2ccc(I)cc12. The second-order valence-electron chi connectivity index (χ2n) is 3.95. The van der Waals surface area contributed by atoms with Crippen molar-refractivity contribution in [2.45, 2.75) is 0 Å². The van der Waals surface area contributed by atoms with Crippen LogP contribution in [0.25, 0.3) is 22.4 Å². The van der Waals surface area contributed by atoms with Gasteiger partial charge in [-0.05, 0) is 52.9 Å². The van der Waals surface area contributed by atoms with Crippen LogP contribution in [0.15, 0.2) is 51.7 Å². The van der Waals surface area contributed by atoms with Crippen molar-refractivity contribution in [3.8, 4) is 11.5 Å². The summed E-state index contributed by atoms with van der Waals surface area (Å²) in [6, 6.07) is 11.3. The van der Waals surface area contributed by atoms with E-state index in [0.29, 0.717) is 10.9 Å². The van der Waals surface area contributed by atoms with Crippen LogP contribution in [0.5, 0.6) is 0 Å². The summed E-state index contributed by atoms with van der Waals surface area (Å²) in [7, 11) is 0. The van der Waals surface area contributed by atoms with Gasteiger partial charge in [0.1, 0.15) is 5.82 Å². The zero-order valence-corrected chi connectivity index (χ0v) is 11.7. The van der Waals surface area contributed by atoms with Crippen molar-refractivity contribution in [1.82, 2.24) is 4.98 Å². The predicted molar refractivity (Wildman–Crippen MR) is 78.4 cm³/mol. The maximum absolute atomic E-state index is 13.7. The van der Waals surface area contributed by atoms with E-state index in [1.54, 1.807) is 24.3 Å². The molecule has 0 saturated heterocycles. The molecule has 0 fully saturated rings. The van der Waals surface area contributed by atoms with Gasteiger partial charge in [0, 0.05) is 3.57 Å². The van der Waals surface area contributed by atoms with Crippen molar-refractivity contribution >= 4 is 33.5 Å². The number of aromatic nitrogens is 1. The Kier molecular flexibility index (Phi) is 3.06. The molecule has 2 aromatic carbocycles. The first-order valence-corrected chi connectivity index (χ1v) is 6.58. The molecule has 0 atom stereocenters. The minimum Gasteiger partial charge on any atom is -0.403 e. The Hall–Kier alpha value is -1.76. The minimum atomic E-state index is -0.512. The van der Waals surface area contributed by atoms with Crippen LogP contribution >= 0.6 is 22.6 Å². The number of benzene rings is 2. The molecule has 5 heteroatoms. The van der Waals surface area contributed by atoms with Crippen molar-refractivity contribution < 1.29 is 8.81 Å². The van der Waals surface area contributed by atoms with Gasteiger partial charge in [-0.15, -0.1) is 0 Å². The summed E-state index contributed by atoms with van der Waals surface area (Å²) >= 11 is 2.10. The Morgan fingerprint density at radius 1 is 1.16 bits per heavy atom. The van der Waals surface area contributed by atoms with E-state index in [-0.39, 0.29) is 11.5 Å². The van der Waals surface area contributed by atoms with Crippen LogP contribution in [0.3, 0.4) is 0 Å². The fraction of sp³-hybridized carbons (Fsp3) is 0. The lowest BCUT2D eigenvalue weighted by atomic mass is 10.2. The van der Waals surface area contributed by atoms with Crippen molar-refractivity contribution in [2.75, 3.05) is 0 Å². The lowest BCUT2D eigenvalue weighted by molar-refractivity contribution is 0.511. The topological polar surface area (TPSA) is 43.1 Å². The first-order valence-electron chi connectivity index (χ1n) is 5.50. The molecule has 1 heterocycles. The summed E-state index contributed by atoms with van der Waals surface area (Å²) in [4.78, 5) is 16.1. The Morgan fingerprint density at radius 2 is 1.95 bits per heavy atom. The van der Waals surface area contributed by atoms with E-state index in [9.17, 15) is 9.18 Å². The van der Waals surface area contributed by atoms with Crippen molar-refractivity contribution in [2.24, 2.45) is 0 Å². The second-order valence-corrected chi connectivity index (χ2v) is 5.19. The van der Waals surface area contributed by atoms with Gasteiger partial charge in [0.05, 0.1) is 16.5 Å². The van der Waals surface area contributed by atoms with Crippen molar-refractivity contribution in [3.63, 3.8) is 0 Å². The van der Waals surface area contributed by atoms with Crippen LogP contribution in [0.2, 0.25) is 0 Å². The first kappa shape index (κ1) is 12.3. The molecule has 0 bridgehead atoms. The third-order valence-electron chi connectivity index (χ3n) is 2.69. The van der Waals surface area contributed by atoms with Gasteiger partial charge in [0.2, 0.25) is 5.89 Å². The average Bonchev–Trinajstić information content (AvgIpc) is 2.40. The van der Waals surface area contributed by atoms with E-state index in [4.69, 9.17) is 4.42 Å². The summed E-state index contributed by atoms with van der Waals surface area (Å²) in [6.45, 7) is 0. The fourth-order valence-corrected chi connectivity index (χ4v) is 2.29. The van der Waals surface area contributed by atoms with Crippen LogP contribution in [0.4, 0.5) is 4.39 Å². The average molecular weight is 367 g/mol. The summed E-state index contributed by atoms with van der Waals surface area (Å²) in [5.41, 5.74) is 0.164. The molecule has 0 spiro atoms. The molecule has 3 rings (SSSR count). The zero-order chi connectivity index (χ0) is 13.4. The van der Waals surface area contributed by atoms with E-state index in [0.717, 1.165) is 3.57 Å². The molecule has 0 radical (unpaired) electrons. The van der Waals surface area contributed by atoms with Gasteiger partial charge in [-0.1, -0.05) is 12.1 Å². The molecule has 3 aromatic rings. The Morgan fingerprint density at radius 3 is 2.74 bits per heavy atom. The predicted octanol–water partition coefficient (Wildman–Crippen LogP) is 3.60. The molecule has 3 nitrogen and oxygen atoms in total. The van der Waals surface area contributed by atoms with Gasteiger partial charge in [0.15, 0.2) is 0 Å². The largest absolute Gasteiger partial charge is 0.403 e. The summed E-state index contributed by atoms with van der Waals surface area (Å²) in [6.07, 6.45) is 0. The van der Waals surface area contributed by atoms with Crippen LogP contribution in [-0.2, 0) is 0 Å². The van der Waals surface area contributed by atoms with Gasteiger partial charge in [0.25, 0.3) is 0 Å². The lowest BCUT2D eigenvalue weighted by Gasteiger charge is -2.02. The van der Waals surface area contributed by atoms with Crippen molar-refractivity contribution in [1.29, 1.82) is 0 Å². The van der Waals surface area contributed by atoms with E-state index in [1.807, 2.05) is 6.07 Å². The molecule has 0 saturated carbocycles. The van der Waals surface area contributed by atoms with Crippen LogP contribution in [0, 0.1) is 9.39 Å². The highest BCUT2D eigenvalue weighted by Crippen LogP contribution is 2.22. The van der Waals surface area contributed by atoms with Crippen LogP contribution in [0.1, 0.15) is 0 Å². The number of fused-ring (bicyclic) bond motifs is 1. The molecule has 1 aromatic heterocycles. The van der Waals surface area contributed by atoms with E-state index in [1.165, 1.54) is 12.1 Å². The zero-order valence-electron chi connectivity index (χ0n) is 9.56. The molecular weight excluding hydrogens is 360 g/mol. The minimum absolute atomic E-state index is 0.00296. The highest BCUT2D eigenvalue weighted by molar-refractivity contribution is 14.1. The quantitative estimate of drug-likeness (QED) is 0.618. The number of halogens is 2.